The summed E-state index contributed by atoms with van der Waals surface area (Å²) in [6.07, 6.45) is 33.3. The first-order valence-corrected chi connectivity index (χ1v) is 28.2. The number of unbranched alkanes of at least 4 members (excludes halogenated alkanes) is 27. The third-order valence-corrected chi connectivity index (χ3v) is 13.8. The fourth-order valence-electron chi connectivity index (χ4n) is 9.21. The van der Waals surface area contributed by atoms with Gasteiger partial charge in [0.2, 0.25) is 5.91 Å². The van der Waals surface area contributed by atoms with Crippen LogP contribution in [-0.2, 0) is 23.7 Å². The smallest absolute Gasteiger partial charge is 0.220 e. The Balaban J connectivity index is 1.78. The lowest BCUT2D eigenvalue weighted by Gasteiger charge is -2.46. The number of carbonyl (C=O) groups excluding carboxylic acids is 1. The van der Waals surface area contributed by atoms with Gasteiger partial charge in [-0.1, -0.05) is 204 Å². The lowest BCUT2D eigenvalue weighted by atomic mass is 9.97. The number of hydrogen-bond donors (Lipinski definition) is 9. The van der Waals surface area contributed by atoms with E-state index in [4.69, 9.17) is 18.9 Å². The molecule has 14 heteroatoms. The molecule has 0 aromatic heterocycles. The molecule has 2 aliphatic rings. The Kier molecular flexibility index (Phi) is 39.1. The van der Waals surface area contributed by atoms with Crippen LogP contribution in [0.2, 0.25) is 0 Å². The normalized spacial score (nSPS) is 26.2. The molecule has 410 valence electrons. The Morgan fingerprint density at radius 2 is 0.971 bits per heavy atom. The summed E-state index contributed by atoms with van der Waals surface area (Å²) in [5.41, 5.74) is 0. The van der Waals surface area contributed by atoms with E-state index in [0.717, 1.165) is 70.6 Å². The summed E-state index contributed by atoms with van der Waals surface area (Å²) in [7, 11) is 0. The van der Waals surface area contributed by atoms with Crippen molar-refractivity contribution in [2.24, 2.45) is 0 Å². The molecule has 0 saturated carbocycles. The highest BCUT2D eigenvalue weighted by Crippen LogP contribution is 2.30. The first kappa shape index (κ1) is 64.3. The molecule has 70 heavy (non-hydrogen) atoms. The molecule has 2 fully saturated rings. The van der Waals surface area contributed by atoms with Gasteiger partial charge in [-0.2, -0.15) is 0 Å². The summed E-state index contributed by atoms with van der Waals surface area (Å²) < 4.78 is 22.7. The number of hydrogen-bond acceptors (Lipinski definition) is 13. The van der Waals surface area contributed by atoms with Crippen molar-refractivity contribution in [2.75, 3.05) is 19.8 Å². The van der Waals surface area contributed by atoms with Crippen LogP contribution in [0, 0.1) is 0 Å². The van der Waals surface area contributed by atoms with Gasteiger partial charge in [-0.3, -0.25) is 4.79 Å². The molecule has 0 aromatic rings. The van der Waals surface area contributed by atoms with Gasteiger partial charge in [0.1, 0.15) is 48.8 Å². The molecule has 0 spiro atoms. The molecule has 14 nitrogen and oxygen atoms in total. The van der Waals surface area contributed by atoms with Crippen molar-refractivity contribution in [2.45, 2.75) is 293 Å². The second-order valence-electron chi connectivity index (χ2n) is 20.1. The first-order chi connectivity index (χ1) is 34.1. The van der Waals surface area contributed by atoms with Gasteiger partial charge < -0.3 is 65.1 Å². The second kappa shape index (κ2) is 42.6. The van der Waals surface area contributed by atoms with Crippen molar-refractivity contribution in [1.82, 2.24) is 5.32 Å². The number of aliphatic hydroxyl groups is 8. The van der Waals surface area contributed by atoms with Gasteiger partial charge >= 0.3 is 0 Å². The van der Waals surface area contributed by atoms with E-state index in [9.17, 15) is 45.6 Å². The number of nitrogens with one attached hydrogen (secondary N) is 1. The maximum Gasteiger partial charge on any atom is 0.220 e. The summed E-state index contributed by atoms with van der Waals surface area (Å²) in [6, 6.07) is -0.921. The summed E-state index contributed by atoms with van der Waals surface area (Å²) in [6.45, 7) is 2.72. The third-order valence-electron chi connectivity index (χ3n) is 13.8. The molecular formula is C56H103NO13. The van der Waals surface area contributed by atoms with Crippen LogP contribution < -0.4 is 5.32 Å². The highest BCUT2D eigenvalue weighted by molar-refractivity contribution is 5.76. The van der Waals surface area contributed by atoms with Crippen LogP contribution in [-0.4, -0.2) is 140 Å². The van der Waals surface area contributed by atoms with E-state index in [1.807, 2.05) is 6.08 Å². The molecule has 0 aliphatic carbocycles. The zero-order chi connectivity index (χ0) is 51.0. The average Bonchev–Trinajstić information content (AvgIpc) is 3.36. The van der Waals surface area contributed by atoms with Crippen LogP contribution >= 0.6 is 0 Å². The highest BCUT2D eigenvalue weighted by atomic mass is 16.7. The molecule has 9 N–H and O–H groups in total. The Bertz CT molecular complexity index is 1320. The molecule has 2 rings (SSSR count). The number of carbonyl (C=O) groups is 1. The second-order valence-corrected chi connectivity index (χ2v) is 20.1. The predicted octanol–water partition coefficient (Wildman–Crippen LogP) is 8.66. The summed E-state index contributed by atoms with van der Waals surface area (Å²) >= 11 is 0. The lowest BCUT2D eigenvalue weighted by molar-refractivity contribution is -0.359. The first-order valence-electron chi connectivity index (χ1n) is 28.2. The van der Waals surface area contributed by atoms with E-state index in [1.165, 1.54) is 122 Å². The van der Waals surface area contributed by atoms with Crippen LogP contribution in [0.5, 0.6) is 0 Å². The molecule has 2 heterocycles. The van der Waals surface area contributed by atoms with Crippen LogP contribution in [0.4, 0.5) is 0 Å². The molecule has 2 aliphatic heterocycles. The quantitative estimate of drug-likeness (QED) is 0.0206. The molecule has 0 aromatic carbocycles. The molecular weight excluding hydrogens is 895 g/mol. The van der Waals surface area contributed by atoms with Gasteiger partial charge in [-0.05, 0) is 44.9 Å². The number of rotatable bonds is 44. The zero-order valence-electron chi connectivity index (χ0n) is 43.8. The maximum atomic E-state index is 13.2. The standard InChI is InChI=1S/C56H103NO13/c1-3-5-7-9-11-13-15-17-18-19-20-21-22-23-24-25-26-28-29-31-33-35-37-39-45(60)44(57-48(61)40-38-36-34-32-30-27-16-14-12-10-8-6-4-2)43-67-55-53(66)51(64)54(47(42-59)69-55)70-56-52(65)50(63)49(62)46(41-58)68-56/h8,10,14,16,37,39,44-47,49-56,58-60,62-66H,3-7,9,11-13,15,17-36,38,40-43H2,1-2H3,(H,57,61)/b10-8-,16-14-,39-37+. The predicted molar refractivity (Wildman–Crippen MR) is 277 cm³/mol. The topological polar surface area (TPSA) is 228 Å². The van der Waals surface area contributed by atoms with Crippen molar-refractivity contribution >= 4 is 5.91 Å². The fourth-order valence-corrected chi connectivity index (χ4v) is 9.21. The largest absolute Gasteiger partial charge is 0.394 e. The highest BCUT2D eigenvalue weighted by Gasteiger charge is 2.51. The molecule has 12 unspecified atom stereocenters. The van der Waals surface area contributed by atoms with E-state index in [0.29, 0.717) is 6.42 Å². The van der Waals surface area contributed by atoms with E-state index >= 15 is 0 Å². The SMILES string of the molecule is CCC/C=C\C/C=C\CCCCCCCC(=O)NC(COC1OC(CO)C(OC2OC(CO)C(O)C(O)C2O)C(O)C1O)C(O)/C=C/CCCCCCCCCCCCCCCCCCCCCCC. The lowest BCUT2D eigenvalue weighted by Crippen LogP contribution is -2.65. The maximum absolute atomic E-state index is 13.2. The molecule has 0 radical (unpaired) electrons. The Hall–Kier alpha value is -1.79. The van der Waals surface area contributed by atoms with Gasteiger partial charge in [0.05, 0.1) is 32.0 Å². The Morgan fingerprint density at radius 1 is 0.514 bits per heavy atom. The molecule has 12 atom stereocenters. The van der Waals surface area contributed by atoms with Crippen molar-refractivity contribution in [3.63, 3.8) is 0 Å². The molecule has 0 bridgehead atoms. The monoisotopic (exact) mass is 998 g/mol. The van der Waals surface area contributed by atoms with Gasteiger partial charge in [0.25, 0.3) is 0 Å². The van der Waals surface area contributed by atoms with Crippen LogP contribution in [0.1, 0.15) is 219 Å². The zero-order valence-corrected chi connectivity index (χ0v) is 43.8. The van der Waals surface area contributed by atoms with Crippen molar-refractivity contribution < 1.29 is 64.6 Å². The van der Waals surface area contributed by atoms with Gasteiger partial charge in [0, 0.05) is 6.42 Å². The fraction of sp³-hybridized carbons (Fsp3) is 0.875. The number of ether oxygens (including phenoxy) is 4. The Morgan fingerprint density at radius 3 is 1.49 bits per heavy atom. The molecule has 1 amide bonds. The van der Waals surface area contributed by atoms with Crippen molar-refractivity contribution in [3.8, 4) is 0 Å². The molecule has 2 saturated heterocycles. The van der Waals surface area contributed by atoms with Gasteiger partial charge in [-0.25, -0.2) is 0 Å². The number of aliphatic hydroxyl groups excluding tert-OH is 8. The van der Waals surface area contributed by atoms with E-state index in [2.05, 4.69) is 43.5 Å². The van der Waals surface area contributed by atoms with Crippen molar-refractivity contribution in [3.05, 3.63) is 36.5 Å². The summed E-state index contributed by atoms with van der Waals surface area (Å²) in [4.78, 5) is 13.2. The minimum absolute atomic E-state index is 0.254. The van der Waals surface area contributed by atoms with Gasteiger partial charge in [-0.15, -0.1) is 0 Å². The van der Waals surface area contributed by atoms with Crippen LogP contribution in [0.3, 0.4) is 0 Å². The van der Waals surface area contributed by atoms with Gasteiger partial charge in [0.15, 0.2) is 12.6 Å². The van der Waals surface area contributed by atoms with E-state index < -0.39 is 86.8 Å². The Labute approximate surface area is 423 Å². The summed E-state index contributed by atoms with van der Waals surface area (Å²) in [5, 5.41) is 86.9. The third kappa shape index (κ3) is 28.6. The van der Waals surface area contributed by atoms with E-state index in [1.54, 1.807) is 6.08 Å². The van der Waals surface area contributed by atoms with E-state index in [-0.39, 0.29) is 18.9 Å². The van der Waals surface area contributed by atoms with Crippen LogP contribution in [0.25, 0.3) is 0 Å². The van der Waals surface area contributed by atoms with Crippen molar-refractivity contribution in [1.29, 1.82) is 0 Å². The number of allylic oxidation sites excluding steroid dienone is 5. The number of amides is 1. The van der Waals surface area contributed by atoms with Crippen LogP contribution in [0.15, 0.2) is 36.5 Å². The summed E-state index contributed by atoms with van der Waals surface area (Å²) in [5.74, 6) is -0.254. The minimum Gasteiger partial charge on any atom is -0.394 e. The minimum atomic E-state index is -1.79. The average molecular weight is 998 g/mol.